The molecule has 3 aromatic rings. The molecule has 5 nitrogen and oxygen atoms in total. The summed E-state index contributed by atoms with van der Waals surface area (Å²) >= 11 is 9.34. The average molecular weight is 490 g/mol. The van der Waals surface area contributed by atoms with Crippen molar-refractivity contribution >= 4 is 39.5 Å². The summed E-state index contributed by atoms with van der Waals surface area (Å²) in [6, 6.07) is 21.0. The molecule has 30 heavy (non-hydrogen) atoms. The van der Waals surface area contributed by atoms with E-state index in [1.165, 1.54) is 12.1 Å². The normalized spacial score (nSPS) is 10.3. The number of hydrogen-bond acceptors (Lipinski definition) is 5. The molecule has 0 unspecified atom stereocenters. The molecule has 3 rings (SSSR count). The lowest BCUT2D eigenvalue weighted by Crippen LogP contribution is -2.18. The first kappa shape index (κ1) is 21.9. The van der Waals surface area contributed by atoms with E-state index >= 15 is 0 Å². The maximum absolute atomic E-state index is 12.1. The Morgan fingerprint density at radius 3 is 2.37 bits per heavy atom. The Morgan fingerprint density at radius 1 is 0.933 bits per heavy atom. The summed E-state index contributed by atoms with van der Waals surface area (Å²) in [6.45, 7) is -0.0137. The molecule has 0 radical (unpaired) electrons. The Bertz CT molecular complexity index is 1010. The van der Waals surface area contributed by atoms with Gasteiger partial charge in [0.05, 0.1) is 17.2 Å². The van der Waals surface area contributed by atoms with Gasteiger partial charge in [0.2, 0.25) is 0 Å². The molecular weight excluding hydrogens is 472 g/mol. The maximum atomic E-state index is 12.1. The van der Waals surface area contributed by atoms with Crippen molar-refractivity contribution in [1.29, 1.82) is 0 Å². The molecule has 0 aliphatic carbocycles. The minimum Gasteiger partial charge on any atom is -0.480 e. The molecule has 3 aromatic carbocycles. The lowest BCUT2D eigenvalue weighted by Gasteiger charge is -2.09. The summed E-state index contributed by atoms with van der Waals surface area (Å²) in [6.07, 6.45) is 0.644. The van der Waals surface area contributed by atoms with Crippen molar-refractivity contribution in [2.24, 2.45) is 0 Å². The highest BCUT2D eigenvalue weighted by Gasteiger charge is 2.11. The summed E-state index contributed by atoms with van der Waals surface area (Å²) in [5, 5.41) is 0.382. The summed E-state index contributed by atoms with van der Waals surface area (Å²) in [4.78, 5) is 24.1. The molecule has 0 fully saturated rings. The zero-order valence-electron chi connectivity index (χ0n) is 15.8. The third-order valence-corrected chi connectivity index (χ3v) is 4.82. The number of benzene rings is 3. The summed E-state index contributed by atoms with van der Waals surface area (Å²) < 4.78 is 16.7. The van der Waals surface area contributed by atoms with Crippen LogP contribution < -0.4 is 9.47 Å². The quantitative estimate of drug-likeness (QED) is 0.309. The molecule has 0 aliphatic heterocycles. The Labute approximate surface area is 187 Å². The first-order chi connectivity index (χ1) is 14.5. The second-order valence-electron chi connectivity index (χ2n) is 6.23. The Hall–Kier alpha value is -2.83. The van der Waals surface area contributed by atoms with Gasteiger partial charge in [-0.25, -0.2) is 9.59 Å². The van der Waals surface area contributed by atoms with Gasteiger partial charge in [-0.1, -0.05) is 57.9 Å². The van der Waals surface area contributed by atoms with E-state index in [0.717, 1.165) is 10.0 Å². The van der Waals surface area contributed by atoms with Crippen LogP contribution in [0.5, 0.6) is 11.5 Å². The van der Waals surface area contributed by atoms with E-state index in [4.69, 9.17) is 25.8 Å². The minimum atomic E-state index is -0.591. The molecule has 0 amide bonds. The van der Waals surface area contributed by atoms with Crippen LogP contribution >= 0.6 is 27.5 Å². The molecule has 0 saturated heterocycles. The number of esters is 2. The average Bonchev–Trinajstić information content (AvgIpc) is 2.74. The monoisotopic (exact) mass is 488 g/mol. The maximum Gasteiger partial charge on any atom is 0.349 e. The second kappa shape index (κ2) is 10.8. The number of halogens is 2. The third-order valence-electron chi connectivity index (χ3n) is 4.03. The van der Waals surface area contributed by atoms with Gasteiger partial charge in [-0.05, 0) is 48.0 Å². The van der Waals surface area contributed by atoms with Crippen LogP contribution in [0.1, 0.15) is 15.9 Å². The van der Waals surface area contributed by atoms with E-state index in [0.29, 0.717) is 28.5 Å². The van der Waals surface area contributed by atoms with Crippen LogP contribution in [0.2, 0.25) is 5.02 Å². The van der Waals surface area contributed by atoms with E-state index in [1.807, 2.05) is 30.3 Å². The van der Waals surface area contributed by atoms with E-state index in [1.54, 1.807) is 30.3 Å². The Morgan fingerprint density at radius 2 is 1.67 bits per heavy atom. The minimum absolute atomic E-state index is 0.287. The standard InChI is InChI=1S/C23H18BrClO5/c24-18-8-11-21(20(25)14-18)29-15-22(26)30-19-9-6-17(7-10-19)23(27)28-13-12-16-4-2-1-3-5-16/h1-11,14H,12-13,15H2. The zero-order chi connectivity index (χ0) is 21.3. The van der Waals surface area contributed by atoms with Crippen LogP contribution in [0.4, 0.5) is 0 Å². The number of hydrogen-bond donors (Lipinski definition) is 0. The van der Waals surface area contributed by atoms with Crippen LogP contribution in [-0.2, 0) is 16.0 Å². The van der Waals surface area contributed by atoms with Crippen LogP contribution in [0.3, 0.4) is 0 Å². The number of rotatable bonds is 8. The predicted octanol–water partition coefficient (Wildman–Crippen LogP) is 5.49. The van der Waals surface area contributed by atoms with Crippen molar-refractivity contribution in [2.75, 3.05) is 13.2 Å². The van der Waals surface area contributed by atoms with Crippen molar-refractivity contribution < 1.29 is 23.8 Å². The predicted molar refractivity (Wildman–Crippen MR) is 117 cm³/mol. The first-order valence-corrected chi connectivity index (χ1v) is 10.3. The fraction of sp³-hybridized carbons (Fsp3) is 0.130. The molecular formula is C23H18BrClO5. The highest BCUT2D eigenvalue weighted by atomic mass is 79.9. The molecule has 0 saturated carbocycles. The lowest BCUT2D eigenvalue weighted by molar-refractivity contribution is -0.136. The van der Waals surface area contributed by atoms with Gasteiger partial charge in [0.15, 0.2) is 6.61 Å². The van der Waals surface area contributed by atoms with Crippen molar-refractivity contribution in [1.82, 2.24) is 0 Å². The van der Waals surface area contributed by atoms with Gasteiger partial charge in [0.1, 0.15) is 11.5 Å². The van der Waals surface area contributed by atoms with Crippen molar-refractivity contribution in [3.63, 3.8) is 0 Å². The van der Waals surface area contributed by atoms with E-state index < -0.39 is 11.9 Å². The summed E-state index contributed by atoms with van der Waals surface area (Å²) in [5.74, 6) is -0.346. The van der Waals surface area contributed by atoms with E-state index in [9.17, 15) is 9.59 Å². The van der Waals surface area contributed by atoms with Gasteiger partial charge >= 0.3 is 11.9 Å². The van der Waals surface area contributed by atoms with Gasteiger partial charge in [0.25, 0.3) is 0 Å². The molecule has 0 aromatic heterocycles. The van der Waals surface area contributed by atoms with Crippen LogP contribution in [0.15, 0.2) is 77.3 Å². The molecule has 0 N–H and O–H groups in total. The topological polar surface area (TPSA) is 61.8 Å². The molecule has 0 heterocycles. The first-order valence-electron chi connectivity index (χ1n) is 9.11. The van der Waals surface area contributed by atoms with Crippen molar-refractivity contribution in [3.05, 3.63) is 93.4 Å². The number of carbonyl (C=O) groups is 2. The van der Waals surface area contributed by atoms with E-state index in [2.05, 4.69) is 15.9 Å². The Kier molecular flexibility index (Phi) is 7.88. The fourth-order valence-electron chi connectivity index (χ4n) is 2.54. The Balaban J connectivity index is 1.45. The highest BCUT2D eigenvalue weighted by Crippen LogP contribution is 2.27. The molecule has 154 valence electrons. The second-order valence-corrected chi connectivity index (χ2v) is 7.56. The van der Waals surface area contributed by atoms with Crippen LogP contribution in [0.25, 0.3) is 0 Å². The molecule has 0 spiro atoms. The summed E-state index contributed by atoms with van der Waals surface area (Å²) in [5.41, 5.74) is 1.47. The SMILES string of the molecule is O=C(COc1ccc(Br)cc1Cl)Oc1ccc(C(=O)OCCc2ccccc2)cc1. The lowest BCUT2D eigenvalue weighted by atomic mass is 10.2. The van der Waals surface area contributed by atoms with Gasteiger partial charge in [-0.15, -0.1) is 0 Å². The fourth-order valence-corrected chi connectivity index (χ4v) is 3.27. The molecule has 0 bridgehead atoms. The highest BCUT2D eigenvalue weighted by molar-refractivity contribution is 9.10. The van der Waals surface area contributed by atoms with Gasteiger partial charge in [0, 0.05) is 10.9 Å². The van der Waals surface area contributed by atoms with Crippen molar-refractivity contribution in [2.45, 2.75) is 6.42 Å². The van der Waals surface area contributed by atoms with E-state index in [-0.39, 0.29) is 13.2 Å². The molecule has 7 heteroatoms. The third kappa shape index (κ3) is 6.61. The van der Waals surface area contributed by atoms with Crippen LogP contribution in [-0.4, -0.2) is 25.2 Å². The largest absolute Gasteiger partial charge is 0.480 e. The zero-order valence-corrected chi connectivity index (χ0v) is 18.2. The van der Waals surface area contributed by atoms with Crippen molar-refractivity contribution in [3.8, 4) is 11.5 Å². The molecule has 0 atom stereocenters. The van der Waals surface area contributed by atoms with Gasteiger partial charge < -0.3 is 14.2 Å². The summed E-state index contributed by atoms with van der Waals surface area (Å²) in [7, 11) is 0. The number of carbonyl (C=O) groups excluding carboxylic acids is 2. The smallest absolute Gasteiger partial charge is 0.349 e. The molecule has 0 aliphatic rings. The van der Waals surface area contributed by atoms with Gasteiger partial charge in [-0.3, -0.25) is 0 Å². The van der Waals surface area contributed by atoms with Crippen LogP contribution in [0, 0.1) is 0 Å². The number of ether oxygens (including phenoxy) is 3. The van der Waals surface area contributed by atoms with Gasteiger partial charge in [-0.2, -0.15) is 0 Å².